The molecule has 4 N–H and O–H groups in total. The summed E-state index contributed by atoms with van der Waals surface area (Å²) in [6.45, 7) is 36.7. The molecule has 4 radical (unpaired) electrons. The minimum atomic E-state index is -0.125. The van der Waals surface area contributed by atoms with Gasteiger partial charge >= 0.3 is 0 Å². The third kappa shape index (κ3) is 32.0. The fourth-order valence-corrected chi connectivity index (χ4v) is 17.7. The Hall–Kier alpha value is -13.0. The van der Waals surface area contributed by atoms with Crippen molar-refractivity contribution in [2.45, 2.75) is 138 Å². The number of hydrogen-bond acceptors (Lipinski definition) is 20. The molecule has 18 aromatic rings. The van der Waals surface area contributed by atoms with Gasteiger partial charge in [-0.3, -0.25) is 39.1 Å². The molecule has 8 heterocycles. The van der Waals surface area contributed by atoms with E-state index in [9.17, 15) is 19.2 Å². The molecule has 0 atom stereocenters. The molecule has 0 fully saturated rings. The van der Waals surface area contributed by atoms with Crippen molar-refractivity contribution in [3.63, 3.8) is 0 Å². The van der Waals surface area contributed by atoms with E-state index in [0.717, 1.165) is 116 Å². The molecular formula is C116H108Ir4N8O10S2-4. The molecule has 0 saturated carbocycles. The number of thiophene rings is 2. The first-order valence-corrected chi connectivity index (χ1v) is 45.5. The van der Waals surface area contributed by atoms with Crippen molar-refractivity contribution in [1.82, 2.24) is 39.9 Å². The molecule has 0 aliphatic rings. The number of hydrogen-bond donors (Lipinski definition) is 4. The molecule has 24 heteroatoms. The van der Waals surface area contributed by atoms with Gasteiger partial charge in [0, 0.05) is 170 Å². The van der Waals surface area contributed by atoms with Crippen LogP contribution in [-0.2, 0) is 99.6 Å². The van der Waals surface area contributed by atoms with Crippen molar-refractivity contribution in [2.75, 3.05) is 0 Å². The number of carbonyl (C=O) groups is 4. The van der Waals surface area contributed by atoms with Gasteiger partial charge in [-0.1, -0.05) is 175 Å². The Morgan fingerprint density at radius 2 is 0.593 bits per heavy atom. The molecule has 18 rings (SSSR count). The van der Waals surface area contributed by atoms with Gasteiger partial charge in [-0.05, 0) is 176 Å². The Labute approximate surface area is 880 Å². The number of benzene rings is 10. The Morgan fingerprint density at radius 3 is 0.914 bits per heavy atom. The maximum atomic E-state index is 10.0. The van der Waals surface area contributed by atoms with E-state index in [1.165, 1.54) is 173 Å². The first kappa shape index (κ1) is 114. The van der Waals surface area contributed by atoms with Crippen LogP contribution in [0, 0.1) is 107 Å². The van der Waals surface area contributed by atoms with Crippen LogP contribution in [0.5, 0.6) is 0 Å². The number of aryl methyl sites for hydroxylation is 12. The molecule has 0 aliphatic heterocycles. The SMILES string of the molecule is CC(=O)C=C(C)O.CC(=O)C=C(C)O.CC(=O)C=C(C)O.CC(=O)C=C(C)O.Cc1[c-]c(-c2ncnc3cc(-c4c(C)cccc4C)oc23)cc(C)c1.Cc1[c-]c(-c2ncnc3cc(-c4ccc(-c5c(C)cccc5C)cc4)sc23)cc(C)c1.Cc1[c-]c(-c2ncnc3cc(-c4ccccc4)oc23)cc(C)c1.Cc1cccc(C)c1-c1ccc(-c2cc3ncnc(-c4[c-]cccc4)c3s2)cc1.[Ir].[Ir].[Ir].[Ir]. The summed E-state index contributed by atoms with van der Waals surface area (Å²) in [6, 6.07) is 89.2. The van der Waals surface area contributed by atoms with E-state index in [4.69, 9.17) is 29.3 Å². The van der Waals surface area contributed by atoms with Gasteiger partial charge < -0.3 is 29.3 Å². The monoisotopic (exact) mass is 2610 g/mol. The van der Waals surface area contributed by atoms with Crippen LogP contribution in [0.3, 0.4) is 0 Å². The Bertz CT molecular complexity index is 7240. The van der Waals surface area contributed by atoms with E-state index in [1.807, 2.05) is 80.6 Å². The zero-order valence-corrected chi connectivity index (χ0v) is 92.6. The second-order valence-electron chi connectivity index (χ2n) is 33.1. The van der Waals surface area contributed by atoms with E-state index >= 15 is 0 Å². The fourth-order valence-electron chi connectivity index (χ4n) is 15.5. The number of fused-ring (bicyclic) bond motifs is 4. The Balaban J connectivity index is 0.000000231. The van der Waals surface area contributed by atoms with Gasteiger partial charge in [0.2, 0.25) is 0 Å². The molecule has 8 aromatic heterocycles. The van der Waals surface area contributed by atoms with Crippen LogP contribution in [0.2, 0.25) is 0 Å². The number of aliphatic hydroxyl groups is 4. The minimum Gasteiger partial charge on any atom is -0.512 e. The second kappa shape index (κ2) is 53.9. The molecule has 0 saturated heterocycles. The van der Waals surface area contributed by atoms with Gasteiger partial charge in [-0.2, -0.15) is 0 Å². The number of furan rings is 2. The van der Waals surface area contributed by atoms with Crippen LogP contribution in [0.15, 0.2) is 300 Å². The van der Waals surface area contributed by atoms with E-state index < -0.39 is 0 Å². The van der Waals surface area contributed by atoms with Crippen LogP contribution in [-0.4, -0.2) is 83.4 Å². The Kier molecular flexibility index (Phi) is 43.9. The van der Waals surface area contributed by atoms with Crippen molar-refractivity contribution in [1.29, 1.82) is 0 Å². The standard InChI is InChI=1S/C28H23N2S.C26H19N2S.C22H19N2O.C20H15N2O.4C5H8O2.4Ir/c1-17-12-18(2)14-23(13-17)27-28-24(29-16-30-27)15-25(31-28)21-8-10-22(11-9-21)26-19(3)6-5-7-20(26)4;1-17-7-6-8-18(2)24(17)20-13-11-19(12-14-20)23-15-22-26(29-23)25(28-16-27-22)21-9-4-3-5-10-21;1-13-8-14(2)10-17(9-13)21-22-18(23-12-24-21)11-19(25-22)20-15(3)6-5-7-16(20)4;1-13-8-14(2)10-16(9-13)19-20-17(21-12-22-19)11-18(23-20)15-6-4-3-5-7-15;4*1-4(6)3-5(2)7;;;;/h5-13,15-16H,1-4H3;3-9,11-16H,1-2H3;5-9,11-12H,1-4H3;3-9,11-12H,1-2H3;4*3,6H,1-2H3;;;;/q4*-1;;;;;;;;. The normalized spacial score (nSPS) is 10.9. The van der Waals surface area contributed by atoms with E-state index in [2.05, 4.69) is 285 Å². The molecule has 0 spiro atoms. The summed E-state index contributed by atoms with van der Waals surface area (Å²) in [5.74, 6) is 1.38. The van der Waals surface area contributed by atoms with Gasteiger partial charge in [0.15, 0.2) is 23.1 Å². The predicted octanol–water partition coefficient (Wildman–Crippen LogP) is 29.5. The topological polar surface area (TPSA) is 279 Å². The number of allylic oxidation sites excluding steroid dienone is 8. The molecule has 140 heavy (non-hydrogen) atoms. The number of nitrogens with zero attached hydrogens (tertiary/aromatic N) is 8. The van der Waals surface area contributed by atoms with Crippen molar-refractivity contribution in [3.05, 3.63) is 382 Å². The molecule has 0 aliphatic carbocycles. The number of aliphatic hydroxyl groups excluding tert-OH is 4. The fraction of sp³-hybridized carbons (Fsp3) is 0.172. The third-order valence-corrected chi connectivity index (χ3v) is 23.1. The first-order valence-electron chi connectivity index (χ1n) is 43.9. The average molecular weight is 2610 g/mol. The van der Waals surface area contributed by atoms with E-state index in [1.54, 1.807) is 48.0 Å². The second-order valence-corrected chi connectivity index (χ2v) is 35.2. The van der Waals surface area contributed by atoms with Gasteiger partial charge in [-0.15, -0.1) is 163 Å². The van der Waals surface area contributed by atoms with Crippen molar-refractivity contribution in [2.24, 2.45) is 0 Å². The average Bonchev–Trinajstić information content (AvgIpc) is 1.69. The van der Waals surface area contributed by atoms with Crippen LogP contribution < -0.4 is 0 Å². The molecular weight excluding hydrogens is 2500 g/mol. The molecule has 724 valence electrons. The largest absolute Gasteiger partial charge is 0.512 e. The molecule has 0 unspecified atom stereocenters. The summed E-state index contributed by atoms with van der Waals surface area (Å²) in [6.07, 6.45) is 11.1. The maximum Gasteiger partial charge on any atom is 0.155 e. The minimum absolute atomic E-state index is 0. The summed E-state index contributed by atoms with van der Waals surface area (Å²) < 4.78 is 14.5. The van der Waals surface area contributed by atoms with Gasteiger partial charge in [0.25, 0.3) is 0 Å². The molecule has 10 aromatic carbocycles. The van der Waals surface area contributed by atoms with Crippen LogP contribution >= 0.6 is 22.7 Å². The van der Waals surface area contributed by atoms with Crippen molar-refractivity contribution >= 4 is 88.4 Å². The molecule has 18 nitrogen and oxygen atoms in total. The number of rotatable bonds is 14. The van der Waals surface area contributed by atoms with Gasteiger partial charge in [-0.25, -0.2) is 19.9 Å². The zero-order valence-electron chi connectivity index (χ0n) is 81.4. The third-order valence-electron chi connectivity index (χ3n) is 20.7. The summed E-state index contributed by atoms with van der Waals surface area (Å²) >= 11 is 3.48. The van der Waals surface area contributed by atoms with Crippen LogP contribution in [0.25, 0.3) is 153 Å². The number of aromatic nitrogens is 8. The van der Waals surface area contributed by atoms with E-state index in [0.29, 0.717) is 11.2 Å². The molecule has 0 amide bonds. The van der Waals surface area contributed by atoms with E-state index in [-0.39, 0.29) is 127 Å². The Morgan fingerprint density at radius 1 is 0.293 bits per heavy atom. The molecule has 0 bridgehead atoms. The summed E-state index contributed by atoms with van der Waals surface area (Å²) in [7, 11) is 0. The number of carbonyl (C=O) groups excluding carboxylic acids is 4. The van der Waals surface area contributed by atoms with Crippen molar-refractivity contribution in [3.8, 4) is 111 Å². The summed E-state index contributed by atoms with van der Waals surface area (Å²) in [5.41, 5.74) is 36.5. The zero-order chi connectivity index (χ0) is 98.1. The summed E-state index contributed by atoms with van der Waals surface area (Å²) in [5, 5.41) is 33.5. The van der Waals surface area contributed by atoms with Gasteiger partial charge in [0.1, 0.15) is 59.0 Å². The maximum absolute atomic E-state index is 10.0. The first-order chi connectivity index (χ1) is 64.9. The summed E-state index contributed by atoms with van der Waals surface area (Å²) in [4.78, 5) is 78.3. The van der Waals surface area contributed by atoms with Crippen LogP contribution in [0.4, 0.5) is 0 Å². The smallest absolute Gasteiger partial charge is 0.155 e. The van der Waals surface area contributed by atoms with Gasteiger partial charge in [0.05, 0.1) is 34.1 Å². The van der Waals surface area contributed by atoms with Crippen LogP contribution in [0.1, 0.15) is 122 Å². The predicted molar refractivity (Wildman–Crippen MR) is 553 cm³/mol. The quantitative estimate of drug-likeness (QED) is 0.0447. The number of ketones is 4. The van der Waals surface area contributed by atoms with Crippen molar-refractivity contribution < 1.29 is 129 Å².